The Bertz CT molecular complexity index is 1050. The molecule has 0 saturated carbocycles. The Morgan fingerprint density at radius 1 is 1.09 bits per heavy atom. The summed E-state index contributed by atoms with van der Waals surface area (Å²) in [6.07, 6.45) is 1.51. The molecule has 0 spiro atoms. The van der Waals surface area contributed by atoms with Crippen LogP contribution in [0.15, 0.2) is 46.6 Å². The summed E-state index contributed by atoms with van der Waals surface area (Å²) in [5.74, 6) is 1.04. The van der Waals surface area contributed by atoms with Gasteiger partial charge in [-0.25, -0.2) is 0 Å². The molecule has 32 heavy (non-hydrogen) atoms. The molecule has 1 aliphatic rings. The maximum Gasteiger partial charge on any atom is 0.240 e. The van der Waals surface area contributed by atoms with Crippen LogP contribution in [-0.2, 0) is 9.59 Å². The van der Waals surface area contributed by atoms with E-state index in [4.69, 9.17) is 14.2 Å². The lowest BCUT2D eigenvalue weighted by molar-refractivity contribution is -0.122. The van der Waals surface area contributed by atoms with Crippen LogP contribution in [0.2, 0.25) is 0 Å². The van der Waals surface area contributed by atoms with Gasteiger partial charge >= 0.3 is 0 Å². The minimum Gasteiger partial charge on any atom is -0.496 e. The van der Waals surface area contributed by atoms with Gasteiger partial charge in [0.1, 0.15) is 11.0 Å². The molecule has 2 aromatic carbocycles. The van der Waals surface area contributed by atoms with E-state index in [1.165, 1.54) is 27.5 Å². The van der Waals surface area contributed by atoms with Gasteiger partial charge in [-0.3, -0.25) is 9.59 Å². The first kappa shape index (κ1) is 23.1. The smallest absolute Gasteiger partial charge is 0.240 e. The van der Waals surface area contributed by atoms with E-state index in [-0.39, 0.29) is 18.2 Å². The monoisotopic (exact) mass is 456 g/mol. The highest BCUT2D eigenvalue weighted by molar-refractivity contribution is 8.15. The lowest BCUT2D eigenvalue weighted by atomic mass is 10.2. The summed E-state index contributed by atoms with van der Waals surface area (Å²) in [6.45, 7) is 1.97. The second-order valence-corrected chi connectivity index (χ2v) is 8.00. The van der Waals surface area contributed by atoms with Gasteiger partial charge in [0.15, 0.2) is 16.7 Å². The van der Waals surface area contributed by atoms with Crippen LogP contribution in [0.1, 0.15) is 17.5 Å². The van der Waals surface area contributed by atoms with Crippen molar-refractivity contribution in [3.63, 3.8) is 0 Å². The van der Waals surface area contributed by atoms with E-state index in [1.54, 1.807) is 12.1 Å². The number of rotatable bonds is 8. The van der Waals surface area contributed by atoms with E-state index in [0.717, 1.165) is 17.3 Å². The van der Waals surface area contributed by atoms with Gasteiger partial charge in [0.2, 0.25) is 11.8 Å². The zero-order valence-corrected chi connectivity index (χ0v) is 19.0. The van der Waals surface area contributed by atoms with Crippen LogP contribution >= 0.6 is 11.8 Å². The highest BCUT2D eigenvalue weighted by Crippen LogP contribution is 2.33. The molecule has 0 aliphatic carbocycles. The SMILES string of the molecule is COc1cc(OC)c(OC)cc1/C=N/N=C1\NC(=O)C(CC(=O)Nc2ccc(C)cc2)S1. The fraction of sp³-hybridized carbons (Fsp3) is 0.273. The molecular weight excluding hydrogens is 432 g/mol. The quantitative estimate of drug-likeness (QED) is 0.467. The van der Waals surface area contributed by atoms with Gasteiger partial charge < -0.3 is 24.8 Å². The number of benzene rings is 2. The van der Waals surface area contributed by atoms with E-state index >= 15 is 0 Å². The zero-order chi connectivity index (χ0) is 23.1. The maximum atomic E-state index is 12.3. The Morgan fingerprint density at radius 2 is 1.75 bits per heavy atom. The fourth-order valence-corrected chi connectivity index (χ4v) is 3.83. The lowest BCUT2D eigenvalue weighted by Crippen LogP contribution is -2.28. The Morgan fingerprint density at radius 3 is 2.41 bits per heavy atom. The number of nitrogens with zero attached hydrogens (tertiary/aromatic N) is 2. The van der Waals surface area contributed by atoms with E-state index in [0.29, 0.717) is 33.7 Å². The predicted molar refractivity (Wildman–Crippen MR) is 125 cm³/mol. The van der Waals surface area contributed by atoms with Crippen molar-refractivity contribution >= 4 is 40.6 Å². The number of ether oxygens (including phenoxy) is 3. The number of aryl methyl sites for hydroxylation is 1. The van der Waals surface area contributed by atoms with E-state index in [9.17, 15) is 9.59 Å². The normalized spacial score (nSPS) is 16.8. The average Bonchev–Trinajstić information content (AvgIpc) is 3.13. The first-order valence-corrected chi connectivity index (χ1v) is 10.6. The molecule has 1 saturated heterocycles. The maximum absolute atomic E-state index is 12.3. The molecule has 1 fully saturated rings. The van der Waals surface area contributed by atoms with Crippen LogP contribution in [0.25, 0.3) is 0 Å². The van der Waals surface area contributed by atoms with E-state index < -0.39 is 5.25 Å². The van der Waals surface area contributed by atoms with Gasteiger partial charge in [0, 0.05) is 23.7 Å². The third kappa shape index (κ3) is 5.79. The highest BCUT2D eigenvalue weighted by atomic mass is 32.2. The summed E-state index contributed by atoms with van der Waals surface area (Å²) < 4.78 is 15.9. The third-order valence-electron chi connectivity index (χ3n) is 4.56. The van der Waals surface area contributed by atoms with Crippen LogP contribution in [-0.4, -0.2) is 49.8 Å². The van der Waals surface area contributed by atoms with Crippen molar-refractivity contribution in [1.82, 2.24) is 5.32 Å². The van der Waals surface area contributed by atoms with Gasteiger partial charge in [0.25, 0.3) is 0 Å². The molecule has 1 heterocycles. The number of hydrogen-bond donors (Lipinski definition) is 2. The second kappa shape index (κ2) is 10.7. The van der Waals surface area contributed by atoms with Gasteiger partial charge in [-0.05, 0) is 25.1 Å². The Balaban J connectivity index is 1.63. The lowest BCUT2D eigenvalue weighted by Gasteiger charge is -2.11. The van der Waals surface area contributed by atoms with Crippen LogP contribution in [0.3, 0.4) is 0 Å². The highest BCUT2D eigenvalue weighted by Gasteiger charge is 2.32. The average molecular weight is 457 g/mol. The number of amidine groups is 1. The topological polar surface area (TPSA) is 111 Å². The number of carbonyl (C=O) groups is 2. The van der Waals surface area contributed by atoms with Crippen molar-refractivity contribution in [3.8, 4) is 17.2 Å². The van der Waals surface area contributed by atoms with Crippen molar-refractivity contribution in [2.24, 2.45) is 10.2 Å². The van der Waals surface area contributed by atoms with Crippen LogP contribution in [0.5, 0.6) is 17.2 Å². The number of nitrogens with one attached hydrogen (secondary N) is 2. The number of methoxy groups -OCH3 is 3. The number of hydrogen-bond acceptors (Lipinski definition) is 8. The predicted octanol–water partition coefficient (Wildman–Crippen LogP) is 2.97. The molecule has 0 aromatic heterocycles. The number of thioether (sulfide) groups is 1. The summed E-state index contributed by atoms with van der Waals surface area (Å²) in [4.78, 5) is 24.5. The van der Waals surface area contributed by atoms with Crippen LogP contribution < -0.4 is 24.8 Å². The van der Waals surface area contributed by atoms with Gasteiger partial charge in [0.05, 0.1) is 27.5 Å². The van der Waals surface area contributed by atoms with E-state index in [1.807, 2.05) is 31.2 Å². The molecular formula is C22H24N4O5S. The molecule has 0 bridgehead atoms. The second-order valence-electron chi connectivity index (χ2n) is 6.81. The Labute approximate surface area is 190 Å². The molecule has 1 unspecified atom stereocenters. The minimum absolute atomic E-state index is 0.0244. The molecule has 2 amide bonds. The van der Waals surface area contributed by atoms with Gasteiger partial charge in [-0.2, -0.15) is 5.10 Å². The van der Waals surface area contributed by atoms with Crippen molar-refractivity contribution < 1.29 is 23.8 Å². The summed E-state index contributed by atoms with van der Waals surface area (Å²) in [5, 5.41) is 13.3. The first-order valence-electron chi connectivity index (χ1n) is 9.68. The molecule has 10 heteroatoms. The largest absolute Gasteiger partial charge is 0.496 e. The molecule has 2 aromatic rings. The van der Waals surface area contributed by atoms with Gasteiger partial charge in [-0.15, -0.1) is 5.10 Å². The minimum atomic E-state index is -0.579. The van der Waals surface area contributed by atoms with Crippen molar-refractivity contribution in [2.75, 3.05) is 26.6 Å². The number of anilines is 1. The fourth-order valence-electron chi connectivity index (χ4n) is 2.90. The number of carbonyl (C=O) groups excluding carboxylic acids is 2. The third-order valence-corrected chi connectivity index (χ3v) is 5.64. The number of amides is 2. The summed E-state index contributed by atoms with van der Waals surface area (Å²) in [5.41, 5.74) is 2.41. The molecule has 2 N–H and O–H groups in total. The van der Waals surface area contributed by atoms with Crippen LogP contribution in [0, 0.1) is 6.92 Å². The first-order chi connectivity index (χ1) is 15.4. The molecule has 168 valence electrons. The standard InChI is InChI=1S/C22H24N4O5S/c1-13-5-7-15(8-6-13)24-20(27)11-19-21(28)25-22(32-19)26-23-12-14-9-17(30-3)18(31-4)10-16(14)29-2/h5-10,12,19H,11H2,1-4H3,(H,24,27)(H,25,26,28)/b23-12+. The summed E-state index contributed by atoms with van der Waals surface area (Å²) in [6, 6.07) is 10.8. The van der Waals surface area contributed by atoms with Crippen molar-refractivity contribution in [2.45, 2.75) is 18.6 Å². The molecule has 9 nitrogen and oxygen atoms in total. The zero-order valence-electron chi connectivity index (χ0n) is 18.2. The summed E-state index contributed by atoms with van der Waals surface area (Å²) in [7, 11) is 4.60. The Hall–Kier alpha value is -3.53. The molecule has 3 rings (SSSR count). The van der Waals surface area contributed by atoms with Crippen LogP contribution in [0.4, 0.5) is 5.69 Å². The molecule has 1 aliphatic heterocycles. The summed E-state index contributed by atoms with van der Waals surface area (Å²) >= 11 is 1.16. The molecule has 1 atom stereocenters. The van der Waals surface area contributed by atoms with Crippen molar-refractivity contribution in [1.29, 1.82) is 0 Å². The Kier molecular flexibility index (Phi) is 7.72. The molecule has 0 radical (unpaired) electrons. The van der Waals surface area contributed by atoms with Crippen molar-refractivity contribution in [3.05, 3.63) is 47.5 Å². The van der Waals surface area contributed by atoms with Gasteiger partial charge in [-0.1, -0.05) is 29.5 Å². The van der Waals surface area contributed by atoms with E-state index in [2.05, 4.69) is 20.8 Å².